The lowest BCUT2D eigenvalue weighted by atomic mass is 9.96. The summed E-state index contributed by atoms with van der Waals surface area (Å²) in [5.41, 5.74) is 0.864. The van der Waals surface area contributed by atoms with E-state index in [0.717, 1.165) is 11.6 Å². The number of piperidine rings is 1. The topological polar surface area (TPSA) is 94.4 Å². The van der Waals surface area contributed by atoms with Gasteiger partial charge < -0.3 is 4.90 Å². The summed E-state index contributed by atoms with van der Waals surface area (Å²) >= 11 is 0. The summed E-state index contributed by atoms with van der Waals surface area (Å²) in [6, 6.07) is 11.0. The Morgan fingerprint density at radius 2 is 1.97 bits per heavy atom. The van der Waals surface area contributed by atoms with Crippen molar-refractivity contribution >= 4 is 15.9 Å². The highest BCUT2D eigenvalue weighted by molar-refractivity contribution is 7.89. The minimum Gasteiger partial charge on any atom is -0.337 e. The average Bonchev–Trinajstić information content (AvgIpc) is 2.77. The summed E-state index contributed by atoms with van der Waals surface area (Å²) in [4.78, 5) is 18.4. The van der Waals surface area contributed by atoms with Gasteiger partial charge in [0.05, 0.1) is 12.5 Å². The van der Waals surface area contributed by atoms with Crippen molar-refractivity contribution < 1.29 is 17.6 Å². The van der Waals surface area contributed by atoms with Crippen LogP contribution in [0.4, 0.5) is 4.39 Å². The largest absolute Gasteiger partial charge is 0.337 e. The van der Waals surface area contributed by atoms with Crippen molar-refractivity contribution in [2.24, 2.45) is 5.92 Å². The number of nitrogens with zero attached hydrogens (tertiary/aromatic N) is 4. The van der Waals surface area contributed by atoms with Gasteiger partial charge in [-0.2, -0.15) is 9.57 Å². The maximum Gasteiger partial charge on any atom is 0.245 e. The van der Waals surface area contributed by atoms with Crippen molar-refractivity contribution in [3.05, 3.63) is 60.2 Å². The molecule has 1 amide bonds. The van der Waals surface area contributed by atoms with Gasteiger partial charge >= 0.3 is 0 Å². The highest BCUT2D eigenvalue weighted by Crippen LogP contribution is 2.26. The molecule has 0 aliphatic carbocycles. The number of nitriles is 1. The average molecular weight is 431 g/mol. The van der Waals surface area contributed by atoms with Gasteiger partial charge in [-0.3, -0.25) is 9.78 Å². The third kappa shape index (κ3) is 5.01. The number of aromatic nitrogens is 1. The predicted molar refractivity (Wildman–Crippen MR) is 108 cm³/mol. The van der Waals surface area contributed by atoms with Crippen molar-refractivity contribution in [1.29, 1.82) is 5.26 Å². The van der Waals surface area contributed by atoms with Crippen LogP contribution in [0.3, 0.4) is 0 Å². The molecule has 1 aliphatic rings. The molecule has 3 rings (SSSR count). The molecule has 0 atom stereocenters. The molecular weight excluding hydrogens is 407 g/mol. The van der Waals surface area contributed by atoms with Crippen molar-refractivity contribution in [2.75, 3.05) is 19.6 Å². The van der Waals surface area contributed by atoms with Crippen molar-refractivity contribution in [2.45, 2.75) is 30.7 Å². The summed E-state index contributed by atoms with van der Waals surface area (Å²) < 4.78 is 40.7. The lowest BCUT2D eigenvalue weighted by molar-refractivity contribution is -0.137. The van der Waals surface area contributed by atoms with E-state index in [1.165, 1.54) is 22.5 Å². The van der Waals surface area contributed by atoms with E-state index in [4.69, 9.17) is 5.26 Å². The molecule has 1 saturated heterocycles. The van der Waals surface area contributed by atoms with E-state index >= 15 is 0 Å². The van der Waals surface area contributed by atoms with E-state index in [-0.39, 0.29) is 36.2 Å². The smallest absolute Gasteiger partial charge is 0.245 e. The molecule has 0 N–H and O–H groups in total. The Morgan fingerprint density at radius 3 is 2.60 bits per heavy atom. The van der Waals surface area contributed by atoms with Crippen molar-refractivity contribution in [3.63, 3.8) is 0 Å². The predicted octanol–water partition coefficient (Wildman–Crippen LogP) is 2.56. The number of rotatable bonds is 7. The second-order valence-corrected chi connectivity index (χ2v) is 9.04. The van der Waals surface area contributed by atoms with Crippen LogP contribution in [-0.2, 0) is 21.4 Å². The minimum absolute atomic E-state index is 0.1000. The number of carbonyl (C=O) groups is 1. The van der Waals surface area contributed by atoms with E-state index < -0.39 is 15.8 Å². The fourth-order valence-electron chi connectivity index (χ4n) is 3.56. The van der Waals surface area contributed by atoms with Gasteiger partial charge in [-0.05, 0) is 36.6 Å². The molecule has 0 spiro atoms. The first-order chi connectivity index (χ1) is 14.4. The zero-order chi connectivity index (χ0) is 21.6. The van der Waals surface area contributed by atoms with Crippen molar-refractivity contribution in [3.8, 4) is 6.07 Å². The van der Waals surface area contributed by atoms with Crippen LogP contribution in [0.5, 0.6) is 0 Å². The highest BCUT2D eigenvalue weighted by atomic mass is 32.2. The molecule has 0 radical (unpaired) electrons. The zero-order valence-electron chi connectivity index (χ0n) is 16.4. The monoisotopic (exact) mass is 430 g/mol. The van der Waals surface area contributed by atoms with E-state index in [1.807, 2.05) is 6.07 Å². The van der Waals surface area contributed by atoms with Crippen LogP contribution in [0.1, 0.15) is 24.8 Å². The molecule has 2 heterocycles. The van der Waals surface area contributed by atoms with Crippen LogP contribution in [0.15, 0.2) is 53.7 Å². The zero-order valence-corrected chi connectivity index (χ0v) is 17.3. The second kappa shape index (κ2) is 9.78. The van der Waals surface area contributed by atoms with Crippen LogP contribution in [-0.4, -0.2) is 48.1 Å². The maximum absolute atomic E-state index is 14.0. The first-order valence-electron chi connectivity index (χ1n) is 9.73. The molecule has 0 bridgehead atoms. The highest BCUT2D eigenvalue weighted by Gasteiger charge is 2.34. The van der Waals surface area contributed by atoms with E-state index in [9.17, 15) is 17.6 Å². The van der Waals surface area contributed by atoms with Crippen molar-refractivity contribution in [1.82, 2.24) is 14.2 Å². The van der Waals surface area contributed by atoms with Crippen LogP contribution in [0.2, 0.25) is 0 Å². The number of carbonyl (C=O) groups excluding carboxylic acids is 1. The summed E-state index contributed by atoms with van der Waals surface area (Å²) in [6.45, 7) is 0.943. The lowest BCUT2D eigenvalue weighted by Gasteiger charge is -2.33. The fourth-order valence-corrected chi connectivity index (χ4v) is 5.09. The van der Waals surface area contributed by atoms with Gasteiger partial charge in [0.2, 0.25) is 15.9 Å². The first-order valence-corrected chi connectivity index (χ1v) is 11.2. The molecule has 1 fully saturated rings. The summed E-state index contributed by atoms with van der Waals surface area (Å²) in [5.74, 6) is -1.22. The first kappa shape index (κ1) is 21.9. The molecule has 30 heavy (non-hydrogen) atoms. The summed E-state index contributed by atoms with van der Waals surface area (Å²) in [7, 11) is -3.94. The van der Waals surface area contributed by atoms with Gasteiger partial charge in [0, 0.05) is 44.5 Å². The third-order valence-electron chi connectivity index (χ3n) is 5.16. The Labute approximate surface area is 175 Å². The second-order valence-electron chi connectivity index (χ2n) is 7.14. The van der Waals surface area contributed by atoms with Crippen LogP contribution >= 0.6 is 0 Å². The SMILES string of the molecule is N#CCCN(Cc1cccnc1)C(=O)C1CCN(S(=O)(=O)c2ccccc2F)CC1. The molecular formula is C21H23FN4O3S. The quantitative estimate of drug-likeness (QED) is 0.673. The van der Waals surface area contributed by atoms with Crippen LogP contribution < -0.4 is 0 Å². The van der Waals surface area contributed by atoms with Gasteiger partial charge in [-0.25, -0.2) is 12.8 Å². The number of hydrogen-bond acceptors (Lipinski definition) is 5. The Kier molecular flexibility index (Phi) is 7.13. The molecule has 1 aromatic heterocycles. The number of amides is 1. The van der Waals surface area contributed by atoms with Gasteiger partial charge in [0.15, 0.2) is 0 Å². The standard InChI is InChI=1S/C21H23FN4O3S/c22-19-6-1-2-7-20(19)30(28,29)26-13-8-18(9-14-26)21(27)25(12-4-10-23)16-17-5-3-11-24-15-17/h1-3,5-7,11,15,18H,4,8-9,12-14,16H2. The van der Waals surface area contributed by atoms with E-state index in [2.05, 4.69) is 11.1 Å². The molecule has 9 heteroatoms. The Morgan fingerprint density at radius 1 is 1.23 bits per heavy atom. The Balaban J connectivity index is 1.67. The van der Waals surface area contributed by atoms with Gasteiger partial charge in [0.25, 0.3) is 0 Å². The summed E-state index contributed by atoms with van der Waals surface area (Å²) in [5, 5.41) is 8.92. The maximum atomic E-state index is 14.0. The van der Waals surface area contributed by atoms with Crippen LogP contribution in [0.25, 0.3) is 0 Å². The number of sulfonamides is 1. The fraction of sp³-hybridized carbons (Fsp3) is 0.381. The number of benzene rings is 1. The van der Waals surface area contributed by atoms with Gasteiger partial charge in [-0.1, -0.05) is 18.2 Å². The van der Waals surface area contributed by atoms with Crippen LogP contribution in [0, 0.1) is 23.1 Å². The molecule has 7 nitrogen and oxygen atoms in total. The lowest BCUT2D eigenvalue weighted by Crippen LogP contribution is -2.44. The third-order valence-corrected chi connectivity index (χ3v) is 7.09. The normalized spacial score (nSPS) is 15.5. The van der Waals surface area contributed by atoms with Gasteiger partial charge in [0.1, 0.15) is 10.7 Å². The number of hydrogen-bond donors (Lipinski definition) is 0. The number of halogens is 1. The Hall–Kier alpha value is -2.83. The van der Waals surface area contributed by atoms with Gasteiger partial charge in [-0.15, -0.1) is 0 Å². The molecule has 0 saturated carbocycles. The minimum atomic E-state index is -3.94. The molecule has 1 aliphatic heterocycles. The molecule has 0 unspecified atom stereocenters. The van der Waals surface area contributed by atoms with E-state index in [0.29, 0.717) is 25.9 Å². The summed E-state index contributed by atoms with van der Waals surface area (Å²) in [6.07, 6.45) is 4.24. The molecule has 1 aromatic carbocycles. The molecule has 2 aromatic rings. The molecule has 158 valence electrons. The Bertz CT molecular complexity index is 1020. The number of pyridine rings is 1. The van der Waals surface area contributed by atoms with E-state index in [1.54, 1.807) is 23.4 Å².